The van der Waals surface area contributed by atoms with Gasteiger partial charge in [-0.05, 0) is 19.3 Å². The Labute approximate surface area is 71.5 Å². The molecular formula is C8H13O4. The Bertz CT molecular complexity index is 138. The van der Waals surface area contributed by atoms with Gasteiger partial charge >= 0.3 is 6.16 Å². The second-order valence-corrected chi connectivity index (χ2v) is 2.91. The molecule has 0 aromatic carbocycles. The fraction of sp³-hybridized carbons (Fsp3) is 0.875. The summed E-state index contributed by atoms with van der Waals surface area (Å²) >= 11 is 0. The van der Waals surface area contributed by atoms with Crippen molar-refractivity contribution in [1.82, 2.24) is 0 Å². The molecule has 0 amide bonds. The van der Waals surface area contributed by atoms with Crippen molar-refractivity contribution in [1.29, 1.82) is 0 Å². The highest BCUT2D eigenvalue weighted by molar-refractivity contribution is 5.56. The van der Waals surface area contributed by atoms with Gasteiger partial charge in [0.1, 0.15) is 6.10 Å². The number of carbonyl (C=O) groups is 1. The first-order valence-electron chi connectivity index (χ1n) is 4.24. The van der Waals surface area contributed by atoms with Crippen molar-refractivity contribution < 1.29 is 19.4 Å². The standard InChI is InChI=1S/C8H13O4/c9-8(10)12-7-4-2-1-3-5-11-6-7/h7H,1-6H2. The van der Waals surface area contributed by atoms with Gasteiger partial charge in [-0.15, -0.1) is 0 Å². The van der Waals surface area contributed by atoms with Gasteiger partial charge < -0.3 is 9.47 Å². The van der Waals surface area contributed by atoms with Crippen molar-refractivity contribution in [3.05, 3.63) is 0 Å². The molecule has 1 heterocycles. The summed E-state index contributed by atoms with van der Waals surface area (Å²) in [6, 6.07) is 0. The molecule has 0 aromatic rings. The van der Waals surface area contributed by atoms with Gasteiger partial charge in [-0.25, -0.2) is 0 Å². The second kappa shape index (κ2) is 4.98. The zero-order valence-electron chi connectivity index (χ0n) is 6.95. The summed E-state index contributed by atoms with van der Waals surface area (Å²) in [5.41, 5.74) is 0. The lowest BCUT2D eigenvalue weighted by molar-refractivity contribution is -0.0225. The number of rotatable bonds is 1. The van der Waals surface area contributed by atoms with Crippen LogP contribution in [0.3, 0.4) is 0 Å². The molecule has 0 saturated carbocycles. The highest BCUT2D eigenvalue weighted by Gasteiger charge is 2.16. The van der Waals surface area contributed by atoms with Crippen LogP contribution >= 0.6 is 0 Å². The Kier molecular flexibility index (Phi) is 3.87. The maximum Gasteiger partial charge on any atom is 0.550 e. The largest absolute Gasteiger partial charge is 0.550 e. The number of carbonyl (C=O) groups excluding carboxylic acids is 1. The molecule has 1 aliphatic heterocycles. The third-order valence-corrected chi connectivity index (χ3v) is 1.88. The molecule has 12 heavy (non-hydrogen) atoms. The minimum Gasteiger partial charge on any atom is -0.426 e. The Morgan fingerprint density at radius 1 is 1.33 bits per heavy atom. The van der Waals surface area contributed by atoms with Crippen LogP contribution in [0.1, 0.15) is 25.7 Å². The van der Waals surface area contributed by atoms with Crippen LogP contribution in [0.25, 0.3) is 0 Å². The number of hydrogen-bond acceptors (Lipinski definition) is 3. The van der Waals surface area contributed by atoms with E-state index < -0.39 is 6.16 Å². The van der Waals surface area contributed by atoms with E-state index in [2.05, 4.69) is 4.74 Å². The van der Waals surface area contributed by atoms with Crippen molar-refractivity contribution in [3.63, 3.8) is 0 Å². The number of ether oxygens (including phenoxy) is 2. The quantitative estimate of drug-likeness (QED) is 0.565. The lowest BCUT2D eigenvalue weighted by Crippen LogP contribution is -2.24. The minimum absolute atomic E-state index is 0.324. The Balaban J connectivity index is 2.24. The van der Waals surface area contributed by atoms with E-state index in [0.717, 1.165) is 25.7 Å². The van der Waals surface area contributed by atoms with Crippen molar-refractivity contribution in [2.24, 2.45) is 0 Å². The molecule has 0 bridgehead atoms. The third-order valence-electron chi connectivity index (χ3n) is 1.88. The maximum atomic E-state index is 10.1. The maximum absolute atomic E-state index is 10.1. The molecule has 0 spiro atoms. The van der Waals surface area contributed by atoms with E-state index in [4.69, 9.17) is 4.74 Å². The van der Waals surface area contributed by atoms with Gasteiger partial charge in [0.2, 0.25) is 0 Å². The molecule has 1 rings (SSSR count). The van der Waals surface area contributed by atoms with Crippen LogP contribution in [0.4, 0.5) is 4.79 Å². The summed E-state index contributed by atoms with van der Waals surface area (Å²) in [6.45, 7) is 1.07. The van der Waals surface area contributed by atoms with Crippen LogP contribution in [0.15, 0.2) is 0 Å². The van der Waals surface area contributed by atoms with Crippen LogP contribution in [0.5, 0.6) is 0 Å². The summed E-state index contributed by atoms with van der Waals surface area (Å²) in [7, 11) is 0. The van der Waals surface area contributed by atoms with Crippen molar-refractivity contribution >= 4 is 6.16 Å². The highest BCUT2D eigenvalue weighted by atomic mass is 16.7. The van der Waals surface area contributed by atoms with E-state index in [1.54, 1.807) is 0 Å². The summed E-state index contributed by atoms with van der Waals surface area (Å²) in [4.78, 5) is 10.1. The van der Waals surface area contributed by atoms with Gasteiger partial charge in [0.05, 0.1) is 6.61 Å². The molecule has 1 unspecified atom stereocenters. The van der Waals surface area contributed by atoms with Crippen LogP contribution in [-0.4, -0.2) is 25.5 Å². The van der Waals surface area contributed by atoms with Crippen LogP contribution < -0.4 is 0 Å². The Hall–Kier alpha value is -0.770. The van der Waals surface area contributed by atoms with E-state index in [9.17, 15) is 9.90 Å². The lowest BCUT2D eigenvalue weighted by Gasteiger charge is -2.17. The van der Waals surface area contributed by atoms with Crippen molar-refractivity contribution in [3.8, 4) is 0 Å². The summed E-state index contributed by atoms with van der Waals surface area (Å²) in [6.07, 6.45) is 2.10. The van der Waals surface area contributed by atoms with E-state index in [0.29, 0.717) is 13.2 Å². The van der Waals surface area contributed by atoms with Gasteiger partial charge in [-0.3, -0.25) is 0 Å². The molecule has 1 aliphatic rings. The monoisotopic (exact) mass is 173 g/mol. The molecule has 0 aliphatic carbocycles. The zero-order chi connectivity index (χ0) is 8.81. The molecule has 1 saturated heterocycles. The fourth-order valence-corrected chi connectivity index (χ4v) is 1.28. The predicted molar refractivity (Wildman–Crippen MR) is 40.2 cm³/mol. The molecule has 0 N–H and O–H groups in total. The van der Waals surface area contributed by atoms with E-state index in [-0.39, 0.29) is 6.10 Å². The second-order valence-electron chi connectivity index (χ2n) is 2.91. The molecule has 1 fully saturated rings. The third kappa shape index (κ3) is 3.57. The normalized spacial score (nSPS) is 25.5. The van der Waals surface area contributed by atoms with Gasteiger partial charge in [-0.1, -0.05) is 6.42 Å². The van der Waals surface area contributed by atoms with Crippen LogP contribution in [-0.2, 0) is 14.6 Å². The van der Waals surface area contributed by atoms with E-state index >= 15 is 0 Å². The lowest BCUT2D eigenvalue weighted by atomic mass is 10.1. The predicted octanol–water partition coefficient (Wildman–Crippen LogP) is 1.51. The average Bonchev–Trinajstić information content (AvgIpc) is 1.93. The van der Waals surface area contributed by atoms with Crippen LogP contribution in [0.2, 0.25) is 0 Å². The van der Waals surface area contributed by atoms with Crippen molar-refractivity contribution in [2.75, 3.05) is 13.2 Å². The van der Waals surface area contributed by atoms with Gasteiger partial charge in [0, 0.05) is 6.61 Å². The first kappa shape index (κ1) is 9.32. The van der Waals surface area contributed by atoms with Crippen LogP contribution in [0, 0.1) is 0 Å². The molecule has 4 heteroatoms. The average molecular weight is 173 g/mol. The van der Waals surface area contributed by atoms with Crippen molar-refractivity contribution in [2.45, 2.75) is 31.8 Å². The van der Waals surface area contributed by atoms with Gasteiger partial charge in [-0.2, -0.15) is 9.90 Å². The molecule has 0 aromatic heterocycles. The first-order valence-corrected chi connectivity index (χ1v) is 4.24. The summed E-state index contributed by atoms with van der Waals surface area (Å²) < 4.78 is 9.68. The first-order chi connectivity index (χ1) is 5.79. The van der Waals surface area contributed by atoms with Gasteiger partial charge in [0.25, 0.3) is 0 Å². The molecule has 1 radical (unpaired) electrons. The van der Waals surface area contributed by atoms with E-state index in [1.165, 1.54) is 0 Å². The molecule has 1 atom stereocenters. The topological polar surface area (TPSA) is 55.4 Å². The molecular weight excluding hydrogens is 160 g/mol. The number of hydrogen-bond donors (Lipinski definition) is 0. The van der Waals surface area contributed by atoms with Gasteiger partial charge in [0.15, 0.2) is 0 Å². The molecule has 69 valence electrons. The highest BCUT2D eigenvalue weighted by Crippen LogP contribution is 2.11. The van der Waals surface area contributed by atoms with E-state index in [1.807, 2.05) is 0 Å². The summed E-state index contributed by atoms with van der Waals surface area (Å²) in [5.74, 6) is 0. The smallest absolute Gasteiger partial charge is 0.426 e. The summed E-state index contributed by atoms with van der Waals surface area (Å²) in [5, 5.41) is 10.1. The minimum atomic E-state index is -1.45. The fourth-order valence-electron chi connectivity index (χ4n) is 1.28. The Morgan fingerprint density at radius 3 is 2.92 bits per heavy atom. The zero-order valence-corrected chi connectivity index (χ0v) is 6.95. The Morgan fingerprint density at radius 2 is 2.17 bits per heavy atom. The SMILES string of the molecule is [O]C(=O)OC1CCCCCOC1. The molecule has 4 nitrogen and oxygen atoms in total.